The molecule has 18 heavy (non-hydrogen) atoms. The van der Waals surface area contributed by atoms with Crippen LogP contribution in [0, 0.1) is 0 Å². The minimum atomic E-state index is -1.04. The molecule has 0 atom stereocenters. The largest absolute Gasteiger partial charge is 0.481 e. The molecule has 0 aliphatic carbocycles. The number of H-pyrrole nitrogens is 2. The second kappa shape index (κ2) is 4.70. The standard InChI is InChI=1S/C10H10N4O4/c15-7(3-4-8(16)17)12-6-2-1-5-9(13-6)14-10(18)11-5/h1-2H,3-4H2,(H,16,17)(H3,11,12,13,14,15,18). The molecule has 0 radical (unpaired) electrons. The number of fused-ring (bicyclic) bond motifs is 1. The maximum atomic E-state index is 11.4. The number of imidazole rings is 1. The SMILES string of the molecule is O=C(O)CCC(=O)Nc1ccc2[nH]c(=O)[nH]c2n1. The van der Waals surface area contributed by atoms with Crippen LogP contribution in [0.1, 0.15) is 12.8 Å². The van der Waals surface area contributed by atoms with Crippen LogP contribution in [0.2, 0.25) is 0 Å². The number of carboxylic acids is 1. The summed E-state index contributed by atoms with van der Waals surface area (Å²) in [4.78, 5) is 41.6. The molecule has 8 nitrogen and oxygen atoms in total. The first-order valence-corrected chi connectivity index (χ1v) is 5.15. The van der Waals surface area contributed by atoms with Crippen molar-refractivity contribution in [3.63, 3.8) is 0 Å². The van der Waals surface area contributed by atoms with Crippen LogP contribution in [0.4, 0.5) is 5.82 Å². The molecule has 0 bridgehead atoms. The fourth-order valence-corrected chi connectivity index (χ4v) is 1.41. The quantitative estimate of drug-likeness (QED) is 0.609. The van der Waals surface area contributed by atoms with Crippen LogP contribution in [0.25, 0.3) is 11.2 Å². The number of hydrogen-bond acceptors (Lipinski definition) is 4. The minimum absolute atomic E-state index is 0.126. The third-order valence-corrected chi connectivity index (χ3v) is 2.21. The number of anilines is 1. The van der Waals surface area contributed by atoms with Gasteiger partial charge in [-0.2, -0.15) is 0 Å². The van der Waals surface area contributed by atoms with Gasteiger partial charge >= 0.3 is 11.7 Å². The molecule has 0 aliphatic rings. The molecule has 4 N–H and O–H groups in total. The number of nitrogens with one attached hydrogen (secondary N) is 3. The number of aromatic amines is 2. The molecule has 1 amide bonds. The zero-order chi connectivity index (χ0) is 13.1. The van der Waals surface area contributed by atoms with E-state index >= 15 is 0 Å². The fourth-order valence-electron chi connectivity index (χ4n) is 1.41. The summed E-state index contributed by atoms with van der Waals surface area (Å²) < 4.78 is 0. The number of carboxylic acid groups (broad SMARTS) is 1. The Hall–Kier alpha value is -2.64. The van der Waals surface area contributed by atoms with Gasteiger partial charge in [0.25, 0.3) is 0 Å². The Bertz CT molecular complexity index is 657. The van der Waals surface area contributed by atoms with Crippen LogP contribution >= 0.6 is 0 Å². The molecule has 0 unspecified atom stereocenters. The van der Waals surface area contributed by atoms with Gasteiger partial charge in [0.1, 0.15) is 5.82 Å². The molecule has 0 aromatic carbocycles. The van der Waals surface area contributed by atoms with E-state index in [1.165, 1.54) is 6.07 Å². The molecular formula is C10H10N4O4. The van der Waals surface area contributed by atoms with Crippen molar-refractivity contribution in [2.75, 3.05) is 5.32 Å². The third-order valence-electron chi connectivity index (χ3n) is 2.21. The maximum absolute atomic E-state index is 11.4. The van der Waals surface area contributed by atoms with Crippen molar-refractivity contribution in [1.29, 1.82) is 0 Å². The van der Waals surface area contributed by atoms with E-state index in [1.54, 1.807) is 6.07 Å². The summed E-state index contributed by atoms with van der Waals surface area (Å²) in [5, 5.41) is 10.9. The van der Waals surface area contributed by atoms with Crippen LogP contribution in [0.15, 0.2) is 16.9 Å². The lowest BCUT2D eigenvalue weighted by molar-refractivity contribution is -0.138. The first kappa shape index (κ1) is 11.8. The molecule has 2 rings (SSSR count). The average molecular weight is 250 g/mol. The number of aliphatic carboxylic acids is 1. The highest BCUT2D eigenvalue weighted by Gasteiger charge is 2.07. The van der Waals surface area contributed by atoms with Gasteiger partial charge in [0.05, 0.1) is 11.9 Å². The highest BCUT2D eigenvalue weighted by Crippen LogP contribution is 2.09. The predicted octanol–water partition coefficient (Wildman–Crippen LogP) is 0.0545. The summed E-state index contributed by atoms with van der Waals surface area (Å²) in [5.41, 5.74) is 0.478. The number of aromatic nitrogens is 3. The summed E-state index contributed by atoms with van der Waals surface area (Å²) in [7, 11) is 0. The van der Waals surface area contributed by atoms with Gasteiger partial charge in [-0.3, -0.25) is 14.6 Å². The first-order chi connectivity index (χ1) is 8.54. The zero-order valence-electron chi connectivity index (χ0n) is 9.19. The van der Waals surface area contributed by atoms with E-state index in [4.69, 9.17) is 5.11 Å². The Labute approximate surface area is 100 Å². The molecule has 2 aromatic rings. The highest BCUT2D eigenvalue weighted by molar-refractivity contribution is 5.92. The van der Waals surface area contributed by atoms with Crippen molar-refractivity contribution >= 4 is 28.9 Å². The first-order valence-electron chi connectivity index (χ1n) is 5.15. The van der Waals surface area contributed by atoms with Gasteiger partial charge in [-0.05, 0) is 12.1 Å². The second-order valence-corrected chi connectivity index (χ2v) is 3.61. The van der Waals surface area contributed by atoms with E-state index in [0.717, 1.165) is 0 Å². The van der Waals surface area contributed by atoms with Crippen molar-refractivity contribution in [1.82, 2.24) is 15.0 Å². The van der Waals surface area contributed by atoms with E-state index in [1.807, 2.05) is 0 Å². The molecule has 0 fully saturated rings. The molecule has 0 spiro atoms. The van der Waals surface area contributed by atoms with Crippen molar-refractivity contribution in [2.45, 2.75) is 12.8 Å². The Morgan fingerprint density at radius 3 is 2.78 bits per heavy atom. The number of rotatable bonds is 4. The van der Waals surface area contributed by atoms with Gasteiger partial charge < -0.3 is 15.4 Å². The Morgan fingerprint density at radius 1 is 1.28 bits per heavy atom. The van der Waals surface area contributed by atoms with Gasteiger partial charge in [0, 0.05) is 6.42 Å². The number of pyridine rings is 1. The van der Waals surface area contributed by atoms with Crippen molar-refractivity contribution < 1.29 is 14.7 Å². The summed E-state index contributed by atoms with van der Waals surface area (Å²) in [6.07, 6.45) is -0.367. The van der Waals surface area contributed by atoms with Gasteiger partial charge in [0.2, 0.25) is 5.91 Å². The lowest BCUT2D eigenvalue weighted by atomic mass is 10.3. The minimum Gasteiger partial charge on any atom is -0.481 e. The lowest BCUT2D eigenvalue weighted by Crippen LogP contribution is -2.14. The Balaban J connectivity index is 2.09. The van der Waals surface area contributed by atoms with Crippen LogP contribution in [0.5, 0.6) is 0 Å². The summed E-state index contributed by atoms with van der Waals surface area (Å²) in [5.74, 6) is -1.22. The average Bonchev–Trinajstić information content (AvgIpc) is 2.66. The smallest absolute Gasteiger partial charge is 0.325 e. The summed E-state index contributed by atoms with van der Waals surface area (Å²) in [6.45, 7) is 0. The van der Waals surface area contributed by atoms with Gasteiger partial charge in [-0.25, -0.2) is 9.78 Å². The van der Waals surface area contributed by atoms with E-state index in [2.05, 4.69) is 20.3 Å². The van der Waals surface area contributed by atoms with Gasteiger partial charge in [-0.1, -0.05) is 0 Å². The molecular weight excluding hydrogens is 240 g/mol. The summed E-state index contributed by atoms with van der Waals surface area (Å²) >= 11 is 0. The summed E-state index contributed by atoms with van der Waals surface area (Å²) in [6, 6.07) is 3.11. The molecule has 0 aliphatic heterocycles. The number of amides is 1. The molecule has 8 heteroatoms. The van der Waals surface area contributed by atoms with E-state index in [9.17, 15) is 14.4 Å². The van der Waals surface area contributed by atoms with E-state index < -0.39 is 11.9 Å². The predicted molar refractivity (Wildman–Crippen MR) is 62.2 cm³/mol. The van der Waals surface area contributed by atoms with Crippen molar-refractivity contribution in [3.8, 4) is 0 Å². The Kier molecular flexibility index (Phi) is 3.09. The molecule has 2 aromatic heterocycles. The van der Waals surface area contributed by atoms with Gasteiger partial charge in [-0.15, -0.1) is 0 Å². The van der Waals surface area contributed by atoms with Crippen LogP contribution < -0.4 is 11.0 Å². The second-order valence-electron chi connectivity index (χ2n) is 3.61. The third kappa shape index (κ3) is 2.73. The van der Waals surface area contributed by atoms with Crippen molar-refractivity contribution in [3.05, 3.63) is 22.6 Å². The zero-order valence-corrected chi connectivity index (χ0v) is 9.19. The van der Waals surface area contributed by atoms with Crippen LogP contribution in [-0.2, 0) is 9.59 Å². The lowest BCUT2D eigenvalue weighted by Gasteiger charge is -2.02. The number of nitrogens with zero attached hydrogens (tertiary/aromatic N) is 1. The molecule has 0 saturated heterocycles. The number of carbonyl (C=O) groups excluding carboxylic acids is 1. The van der Waals surface area contributed by atoms with E-state index in [0.29, 0.717) is 11.2 Å². The fraction of sp³-hybridized carbons (Fsp3) is 0.200. The topological polar surface area (TPSA) is 128 Å². The normalized spacial score (nSPS) is 10.4. The highest BCUT2D eigenvalue weighted by atomic mass is 16.4. The van der Waals surface area contributed by atoms with Gasteiger partial charge in [0.15, 0.2) is 5.65 Å². The molecule has 94 valence electrons. The Morgan fingerprint density at radius 2 is 2.06 bits per heavy atom. The molecule has 0 saturated carbocycles. The number of carbonyl (C=O) groups is 2. The monoisotopic (exact) mass is 250 g/mol. The van der Waals surface area contributed by atoms with E-state index in [-0.39, 0.29) is 24.3 Å². The number of hydrogen-bond donors (Lipinski definition) is 4. The van der Waals surface area contributed by atoms with Crippen molar-refractivity contribution in [2.24, 2.45) is 0 Å². The molecule has 2 heterocycles. The van der Waals surface area contributed by atoms with Crippen LogP contribution in [0.3, 0.4) is 0 Å². The maximum Gasteiger partial charge on any atom is 0.325 e. The van der Waals surface area contributed by atoms with Crippen LogP contribution in [-0.4, -0.2) is 31.9 Å².